The SMILES string of the molecule is CC(C)(C)c1csc(CN2CCCC(CCBr)C2)n1. The van der Waals surface area contributed by atoms with Crippen LogP contribution in [-0.2, 0) is 12.0 Å². The van der Waals surface area contributed by atoms with Crippen LogP contribution in [0.2, 0.25) is 0 Å². The van der Waals surface area contributed by atoms with Gasteiger partial charge in [-0.3, -0.25) is 4.90 Å². The van der Waals surface area contributed by atoms with Gasteiger partial charge in [-0.05, 0) is 31.7 Å². The zero-order valence-electron chi connectivity index (χ0n) is 12.3. The lowest BCUT2D eigenvalue weighted by molar-refractivity contribution is 0.165. The number of thiazole rings is 1. The molecular formula is C15H25BrN2S. The second-order valence-electron chi connectivity index (χ2n) is 6.60. The number of alkyl halides is 1. The van der Waals surface area contributed by atoms with Crippen molar-refractivity contribution in [1.29, 1.82) is 0 Å². The summed E-state index contributed by atoms with van der Waals surface area (Å²) >= 11 is 5.39. The van der Waals surface area contributed by atoms with E-state index in [1.807, 2.05) is 11.3 Å². The Morgan fingerprint density at radius 2 is 2.26 bits per heavy atom. The summed E-state index contributed by atoms with van der Waals surface area (Å²) in [5.74, 6) is 0.871. The van der Waals surface area contributed by atoms with Gasteiger partial charge in [0, 0.05) is 22.7 Å². The monoisotopic (exact) mass is 344 g/mol. The number of aromatic nitrogens is 1. The molecular weight excluding hydrogens is 320 g/mol. The van der Waals surface area contributed by atoms with E-state index in [9.17, 15) is 0 Å². The fourth-order valence-corrected chi connectivity index (χ4v) is 4.31. The van der Waals surface area contributed by atoms with Gasteiger partial charge in [-0.25, -0.2) is 4.98 Å². The van der Waals surface area contributed by atoms with Crippen molar-refractivity contribution in [2.24, 2.45) is 5.92 Å². The Kier molecular flexibility index (Phi) is 5.44. The molecule has 0 spiro atoms. The van der Waals surface area contributed by atoms with Crippen molar-refractivity contribution in [3.63, 3.8) is 0 Å². The first-order valence-corrected chi connectivity index (χ1v) is 9.22. The zero-order valence-corrected chi connectivity index (χ0v) is 14.7. The Hall–Kier alpha value is 0.0700. The van der Waals surface area contributed by atoms with Crippen molar-refractivity contribution in [2.75, 3.05) is 18.4 Å². The van der Waals surface area contributed by atoms with Gasteiger partial charge in [-0.1, -0.05) is 36.7 Å². The number of hydrogen-bond acceptors (Lipinski definition) is 3. The van der Waals surface area contributed by atoms with Gasteiger partial charge in [0.25, 0.3) is 0 Å². The fourth-order valence-electron chi connectivity index (χ4n) is 2.60. The molecule has 1 fully saturated rings. The molecule has 108 valence electrons. The summed E-state index contributed by atoms with van der Waals surface area (Å²) in [6.07, 6.45) is 4.05. The number of rotatable bonds is 4. The van der Waals surface area contributed by atoms with Gasteiger partial charge in [-0.2, -0.15) is 0 Å². The van der Waals surface area contributed by atoms with E-state index in [-0.39, 0.29) is 5.41 Å². The molecule has 1 aromatic rings. The molecule has 4 heteroatoms. The first-order chi connectivity index (χ1) is 8.99. The van der Waals surface area contributed by atoms with Gasteiger partial charge in [0.2, 0.25) is 0 Å². The molecule has 1 unspecified atom stereocenters. The zero-order chi connectivity index (χ0) is 13.9. The van der Waals surface area contributed by atoms with E-state index >= 15 is 0 Å². The highest BCUT2D eigenvalue weighted by Gasteiger charge is 2.22. The molecule has 19 heavy (non-hydrogen) atoms. The van der Waals surface area contributed by atoms with Crippen LogP contribution in [0.5, 0.6) is 0 Å². The first kappa shape index (κ1) is 15.5. The van der Waals surface area contributed by atoms with Gasteiger partial charge < -0.3 is 0 Å². The van der Waals surface area contributed by atoms with Crippen molar-refractivity contribution in [3.05, 3.63) is 16.1 Å². The Morgan fingerprint density at radius 1 is 1.47 bits per heavy atom. The molecule has 2 rings (SSSR count). The van der Waals surface area contributed by atoms with Crippen molar-refractivity contribution in [2.45, 2.75) is 52.0 Å². The van der Waals surface area contributed by atoms with E-state index in [1.54, 1.807) is 0 Å². The van der Waals surface area contributed by atoms with Crippen LogP contribution in [0.1, 0.15) is 50.7 Å². The van der Waals surface area contributed by atoms with E-state index < -0.39 is 0 Å². The number of likely N-dealkylation sites (tertiary alicyclic amines) is 1. The standard InChI is InChI=1S/C15H25BrN2S/c1-15(2,3)13-11-19-14(17-13)10-18-8-4-5-12(9-18)6-7-16/h11-12H,4-10H2,1-3H3. The topological polar surface area (TPSA) is 16.1 Å². The maximum atomic E-state index is 4.81. The van der Waals surface area contributed by atoms with E-state index in [2.05, 4.69) is 47.0 Å². The Labute approximate surface area is 129 Å². The highest BCUT2D eigenvalue weighted by atomic mass is 79.9. The highest BCUT2D eigenvalue weighted by Crippen LogP contribution is 2.26. The summed E-state index contributed by atoms with van der Waals surface area (Å²) in [5.41, 5.74) is 1.41. The summed E-state index contributed by atoms with van der Waals surface area (Å²) in [6, 6.07) is 0. The van der Waals surface area contributed by atoms with Crippen LogP contribution in [0, 0.1) is 5.92 Å². The quantitative estimate of drug-likeness (QED) is 0.750. The Balaban J connectivity index is 1.92. The average Bonchev–Trinajstić information content (AvgIpc) is 2.78. The van der Waals surface area contributed by atoms with Crippen LogP contribution >= 0.6 is 27.3 Å². The number of nitrogens with zero attached hydrogens (tertiary/aromatic N) is 2. The third-order valence-corrected chi connectivity index (χ3v) is 5.09. The summed E-state index contributed by atoms with van der Waals surface area (Å²) < 4.78 is 0. The van der Waals surface area contributed by atoms with Gasteiger partial charge >= 0.3 is 0 Å². The van der Waals surface area contributed by atoms with Gasteiger partial charge in [0.1, 0.15) is 5.01 Å². The van der Waals surface area contributed by atoms with Crippen molar-refractivity contribution in [1.82, 2.24) is 9.88 Å². The summed E-state index contributed by atoms with van der Waals surface area (Å²) in [5, 5.41) is 4.65. The average molecular weight is 345 g/mol. The number of hydrogen-bond donors (Lipinski definition) is 0. The molecule has 2 nitrogen and oxygen atoms in total. The third-order valence-electron chi connectivity index (χ3n) is 3.80. The molecule has 1 aromatic heterocycles. The number of piperidine rings is 1. The van der Waals surface area contributed by atoms with Crippen LogP contribution in [0.4, 0.5) is 0 Å². The summed E-state index contributed by atoms with van der Waals surface area (Å²) in [7, 11) is 0. The molecule has 2 heterocycles. The second-order valence-corrected chi connectivity index (χ2v) is 8.33. The van der Waals surface area contributed by atoms with Crippen LogP contribution < -0.4 is 0 Å². The predicted octanol–water partition coefficient (Wildman–Crippen LogP) is 4.44. The Morgan fingerprint density at radius 3 is 2.89 bits per heavy atom. The third kappa shape index (κ3) is 4.54. The molecule has 0 saturated carbocycles. The lowest BCUT2D eigenvalue weighted by Crippen LogP contribution is -2.35. The Bertz CT molecular complexity index is 395. The molecule has 1 saturated heterocycles. The lowest BCUT2D eigenvalue weighted by atomic mass is 9.93. The number of halogens is 1. The van der Waals surface area contributed by atoms with E-state index in [1.165, 1.54) is 43.1 Å². The van der Waals surface area contributed by atoms with E-state index in [4.69, 9.17) is 4.98 Å². The highest BCUT2D eigenvalue weighted by molar-refractivity contribution is 9.09. The van der Waals surface area contributed by atoms with Gasteiger partial charge in [0.15, 0.2) is 0 Å². The van der Waals surface area contributed by atoms with Gasteiger partial charge in [-0.15, -0.1) is 11.3 Å². The minimum Gasteiger partial charge on any atom is -0.296 e. The lowest BCUT2D eigenvalue weighted by Gasteiger charge is -2.31. The maximum Gasteiger partial charge on any atom is 0.107 e. The van der Waals surface area contributed by atoms with Crippen molar-refractivity contribution < 1.29 is 0 Å². The molecule has 0 aromatic carbocycles. The first-order valence-electron chi connectivity index (χ1n) is 7.22. The minimum absolute atomic E-state index is 0.176. The van der Waals surface area contributed by atoms with Crippen LogP contribution in [0.3, 0.4) is 0 Å². The van der Waals surface area contributed by atoms with Gasteiger partial charge in [0.05, 0.1) is 12.2 Å². The predicted molar refractivity (Wildman–Crippen MR) is 87.2 cm³/mol. The molecule has 0 aliphatic carbocycles. The van der Waals surface area contributed by atoms with E-state index in [0.29, 0.717) is 0 Å². The van der Waals surface area contributed by atoms with Crippen molar-refractivity contribution >= 4 is 27.3 Å². The second kappa shape index (κ2) is 6.68. The fraction of sp³-hybridized carbons (Fsp3) is 0.800. The smallest absolute Gasteiger partial charge is 0.107 e. The van der Waals surface area contributed by atoms with Crippen LogP contribution in [0.25, 0.3) is 0 Å². The minimum atomic E-state index is 0.176. The maximum absolute atomic E-state index is 4.81. The molecule has 1 aliphatic rings. The van der Waals surface area contributed by atoms with Crippen molar-refractivity contribution in [3.8, 4) is 0 Å². The summed E-state index contributed by atoms with van der Waals surface area (Å²) in [6.45, 7) is 10.2. The molecule has 1 aliphatic heterocycles. The molecule has 0 bridgehead atoms. The molecule has 0 N–H and O–H groups in total. The largest absolute Gasteiger partial charge is 0.296 e. The van der Waals surface area contributed by atoms with Crippen LogP contribution in [-0.4, -0.2) is 28.3 Å². The summed E-state index contributed by atoms with van der Waals surface area (Å²) in [4.78, 5) is 7.40. The van der Waals surface area contributed by atoms with Crippen LogP contribution in [0.15, 0.2) is 5.38 Å². The molecule has 0 amide bonds. The molecule has 0 radical (unpaired) electrons. The molecule has 1 atom stereocenters. The van der Waals surface area contributed by atoms with E-state index in [0.717, 1.165) is 17.8 Å². The normalized spacial score (nSPS) is 21.8.